The van der Waals surface area contributed by atoms with E-state index < -0.39 is 6.29 Å². The lowest BCUT2D eigenvalue weighted by Gasteiger charge is -2.21. The average Bonchev–Trinajstić information content (AvgIpc) is 3.31. The monoisotopic (exact) mass is 417 g/mol. The van der Waals surface area contributed by atoms with Gasteiger partial charge in [-0.1, -0.05) is 13.8 Å². The van der Waals surface area contributed by atoms with E-state index in [0.29, 0.717) is 53.7 Å². The Balaban J connectivity index is 2.09. The number of anilines is 1. The average molecular weight is 418 g/mol. The van der Waals surface area contributed by atoms with E-state index in [4.69, 9.17) is 33.7 Å². The van der Waals surface area contributed by atoms with Crippen LogP contribution in [-0.4, -0.2) is 50.6 Å². The van der Waals surface area contributed by atoms with Gasteiger partial charge >= 0.3 is 0 Å². The quantitative estimate of drug-likeness (QED) is 0.652. The van der Waals surface area contributed by atoms with Gasteiger partial charge in [0.05, 0.1) is 45.8 Å². The van der Waals surface area contributed by atoms with Crippen molar-refractivity contribution in [1.29, 1.82) is 0 Å². The molecule has 0 bridgehead atoms. The van der Waals surface area contributed by atoms with E-state index in [-0.39, 0.29) is 0 Å². The largest absolute Gasteiger partial charge is 0.496 e. The number of methoxy groups -OCH3 is 3. The van der Waals surface area contributed by atoms with Gasteiger partial charge in [-0.2, -0.15) is 0 Å². The highest BCUT2D eigenvalue weighted by Gasteiger charge is 2.26. The Morgan fingerprint density at radius 3 is 2.10 bits per heavy atom. The molecule has 1 N–H and O–H groups in total. The van der Waals surface area contributed by atoms with Gasteiger partial charge in [0.2, 0.25) is 0 Å². The zero-order valence-electron chi connectivity index (χ0n) is 18.6. The van der Waals surface area contributed by atoms with E-state index in [1.165, 1.54) is 0 Å². The Bertz CT molecular complexity index is 839. The van der Waals surface area contributed by atoms with Crippen LogP contribution in [0, 0.1) is 6.92 Å². The zero-order chi connectivity index (χ0) is 21.7. The molecule has 2 heterocycles. The number of hydrogen-bond acceptors (Lipinski definition) is 8. The molecule has 0 aliphatic carbocycles. The van der Waals surface area contributed by atoms with Crippen LogP contribution in [0.5, 0.6) is 17.4 Å². The molecule has 0 radical (unpaired) electrons. The second kappa shape index (κ2) is 9.95. The molecule has 3 rings (SSSR count). The number of benzene rings is 1. The number of ether oxygens (including phenoxy) is 5. The first-order valence-electron chi connectivity index (χ1n) is 10.2. The fourth-order valence-corrected chi connectivity index (χ4v) is 3.52. The molecule has 1 saturated heterocycles. The SMILES string of the molecule is CCC(CC)Nc1nc(C)c(-c2c(OC)cc(C3OCCO3)cc2OC)nc1OC. The molecule has 0 amide bonds. The Kier molecular flexibility index (Phi) is 7.33. The minimum absolute atomic E-state index is 0.299. The van der Waals surface area contributed by atoms with Crippen molar-refractivity contribution in [1.82, 2.24) is 9.97 Å². The fraction of sp³-hybridized carbons (Fsp3) is 0.545. The molecule has 8 heteroatoms. The van der Waals surface area contributed by atoms with E-state index in [1.807, 2.05) is 19.1 Å². The number of hydrogen-bond donors (Lipinski definition) is 1. The summed E-state index contributed by atoms with van der Waals surface area (Å²) in [5.41, 5.74) is 2.91. The summed E-state index contributed by atoms with van der Waals surface area (Å²) in [5.74, 6) is 2.26. The van der Waals surface area contributed by atoms with Crippen LogP contribution in [0.4, 0.5) is 5.82 Å². The molecule has 2 aromatic rings. The lowest BCUT2D eigenvalue weighted by atomic mass is 10.0. The molecule has 164 valence electrons. The highest BCUT2D eigenvalue weighted by Crippen LogP contribution is 2.43. The van der Waals surface area contributed by atoms with E-state index >= 15 is 0 Å². The van der Waals surface area contributed by atoms with Gasteiger partial charge in [0, 0.05) is 11.6 Å². The topological polar surface area (TPSA) is 84.0 Å². The van der Waals surface area contributed by atoms with Gasteiger partial charge < -0.3 is 29.0 Å². The van der Waals surface area contributed by atoms with E-state index in [2.05, 4.69) is 19.2 Å². The van der Waals surface area contributed by atoms with E-state index in [9.17, 15) is 0 Å². The standard InChI is InChI=1S/C22H31N3O5/c1-7-15(8-2)24-20-21(28-6)25-19(13(3)23-20)18-16(26-4)11-14(12-17(18)27-5)22-29-9-10-30-22/h11-12,15,22H,7-10H2,1-6H3,(H,23,24). The van der Waals surface area contributed by atoms with Crippen LogP contribution in [0.2, 0.25) is 0 Å². The number of nitrogens with one attached hydrogen (secondary N) is 1. The summed E-state index contributed by atoms with van der Waals surface area (Å²) < 4.78 is 28.2. The third-order valence-electron chi connectivity index (χ3n) is 5.22. The van der Waals surface area contributed by atoms with Gasteiger partial charge in [0.15, 0.2) is 12.1 Å². The Labute approximate surface area is 177 Å². The predicted molar refractivity (Wildman–Crippen MR) is 114 cm³/mol. The van der Waals surface area contributed by atoms with Gasteiger partial charge in [-0.3, -0.25) is 0 Å². The second-order valence-electron chi connectivity index (χ2n) is 7.05. The van der Waals surface area contributed by atoms with E-state index in [1.54, 1.807) is 21.3 Å². The van der Waals surface area contributed by atoms with Crippen LogP contribution in [-0.2, 0) is 9.47 Å². The number of aromatic nitrogens is 2. The highest BCUT2D eigenvalue weighted by molar-refractivity contribution is 5.77. The molecule has 8 nitrogen and oxygen atoms in total. The molecular weight excluding hydrogens is 386 g/mol. The third-order valence-corrected chi connectivity index (χ3v) is 5.22. The summed E-state index contributed by atoms with van der Waals surface area (Å²) in [5, 5.41) is 3.43. The molecule has 1 aromatic heterocycles. The minimum Gasteiger partial charge on any atom is -0.496 e. The molecular formula is C22H31N3O5. The third kappa shape index (κ3) is 4.44. The molecule has 0 saturated carbocycles. The zero-order valence-corrected chi connectivity index (χ0v) is 18.6. The molecule has 1 fully saturated rings. The maximum atomic E-state index is 5.69. The lowest BCUT2D eigenvalue weighted by Crippen LogP contribution is -2.19. The van der Waals surface area contributed by atoms with E-state index in [0.717, 1.165) is 24.1 Å². The number of rotatable bonds is 9. The van der Waals surface area contributed by atoms with Crippen LogP contribution < -0.4 is 19.5 Å². The van der Waals surface area contributed by atoms with Crippen molar-refractivity contribution in [2.24, 2.45) is 0 Å². The summed E-state index contributed by atoms with van der Waals surface area (Å²) in [7, 11) is 4.82. The summed E-state index contributed by atoms with van der Waals surface area (Å²) in [6.07, 6.45) is 1.53. The molecule has 0 unspecified atom stereocenters. The van der Waals surface area contributed by atoms with Crippen molar-refractivity contribution < 1.29 is 23.7 Å². The van der Waals surface area contributed by atoms with Gasteiger partial charge in [-0.25, -0.2) is 9.97 Å². The van der Waals surface area contributed by atoms with Gasteiger partial charge in [0.25, 0.3) is 5.88 Å². The predicted octanol–water partition coefficient (Wildman–Crippen LogP) is 4.12. The Morgan fingerprint density at radius 1 is 1.00 bits per heavy atom. The van der Waals surface area contributed by atoms with Crippen LogP contribution >= 0.6 is 0 Å². The molecule has 1 aliphatic heterocycles. The fourth-order valence-electron chi connectivity index (χ4n) is 3.52. The minimum atomic E-state index is -0.435. The molecule has 0 atom stereocenters. The summed E-state index contributed by atoms with van der Waals surface area (Å²) in [6.45, 7) is 7.30. The van der Waals surface area contributed by atoms with Crippen molar-refractivity contribution >= 4 is 5.82 Å². The van der Waals surface area contributed by atoms with Crippen molar-refractivity contribution in [2.45, 2.75) is 45.9 Å². The van der Waals surface area contributed by atoms with Crippen LogP contribution in [0.25, 0.3) is 11.3 Å². The smallest absolute Gasteiger partial charge is 0.257 e. The summed E-state index contributed by atoms with van der Waals surface area (Å²) >= 11 is 0. The number of nitrogens with zero attached hydrogens (tertiary/aromatic N) is 2. The molecule has 0 spiro atoms. The van der Waals surface area contributed by atoms with Crippen LogP contribution in [0.3, 0.4) is 0 Å². The van der Waals surface area contributed by atoms with Crippen molar-refractivity contribution in [3.05, 3.63) is 23.4 Å². The van der Waals surface area contributed by atoms with Gasteiger partial charge in [-0.05, 0) is 31.9 Å². The second-order valence-corrected chi connectivity index (χ2v) is 7.05. The highest BCUT2D eigenvalue weighted by atomic mass is 16.7. The van der Waals surface area contributed by atoms with Gasteiger partial charge in [0.1, 0.15) is 17.2 Å². The summed E-state index contributed by atoms with van der Waals surface area (Å²) in [6, 6.07) is 4.07. The van der Waals surface area contributed by atoms with Crippen molar-refractivity contribution in [2.75, 3.05) is 39.9 Å². The van der Waals surface area contributed by atoms with Crippen molar-refractivity contribution in [3.63, 3.8) is 0 Å². The summed E-state index contributed by atoms with van der Waals surface area (Å²) in [4.78, 5) is 9.50. The Morgan fingerprint density at radius 2 is 1.60 bits per heavy atom. The first-order valence-corrected chi connectivity index (χ1v) is 10.2. The van der Waals surface area contributed by atoms with Gasteiger partial charge in [-0.15, -0.1) is 0 Å². The molecule has 30 heavy (non-hydrogen) atoms. The number of aryl methyl sites for hydroxylation is 1. The Hall–Kier alpha value is -2.58. The van der Waals surface area contributed by atoms with Crippen LogP contribution in [0.1, 0.15) is 44.2 Å². The molecule has 1 aliphatic rings. The normalized spacial score (nSPS) is 14.2. The van der Waals surface area contributed by atoms with Crippen LogP contribution in [0.15, 0.2) is 12.1 Å². The first-order chi connectivity index (χ1) is 14.6. The maximum absolute atomic E-state index is 5.69. The maximum Gasteiger partial charge on any atom is 0.257 e. The molecule has 1 aromatic carbocycles. The van der Waals surface area contributed by atoms with Crippen molar-refractivity contribution in [3.8, 4) is 28.6 Å². The first kappa shape index (κ1) is 22.1. The lowest BCUT2D eigenvalue weighted by molar-refractivity contribution is -0.0443.